The molecule has 4 nitrogen and oxygen atoms in total. The summed E-state index contributed by atoms with van der Waals surface area (Å²) in [5, 5.41) is 3.17. The third-order valence-corrected chi connectivity index (χ3v) is 5.52. The van der Waals surface area contributed by atoms with E-state index >= 15 is 0 Å². The summed E-state index contributed by atoms with van der Waals surface area (Å²) >= 11 is 0. The second kappa shape index (κ2) is 8.09. The van der Waals surface area contributed by atoms with Crippen LogP contribution in [0.1, 0.15) is 36.5 Å². The van der Waals surface area contributed by atoms with E-state index in [0.717, 1.165) is 43.6 Å². The van der Waals surface area contributed by atoms with Crippen molar-refractivity contribution < 1.29 is 13.9 Å². The third-order valence-electron chi connectivity index (χ3n) is 5.52. The van der Waals surface area contributed by atoms with E-state index in [1.807, 2.05) is 24.3 Å². The number of hydrogen-bond donors (Lipinski definition) is 1. The Labute approximate surface area is 159 Å². The minimum atomic E-state index is -0.215. The summed E-state index contributed by atoms with van der Waals surface area (Å²) in [7, 11) is 0. The van der Waals surface area contributed by atoms with Gasteiger partial charge in [0, 0.05) is 24.8 Å². The number of nitrogens with one attached hydrogen (secondary N) is 1. The first kappa shape index (κ1) is 18.0. The SMILES string of the molecule is O=C(C[C@@H]1OCCc2ccccc21)NC1CCN(c2ccc(F)cc2)CC1. The van der Waals surface area contributed by atoms with Gasteiger partial charge >= 0.3 is 0 Å². The summed E-state index contributed by atoms with van der Waals surface area (Å²) < 4.78 is 18.9. The molecule has 0 aliphatic carbocycles. The summed E-state index contributed by atoms with van der Waals surface area (Å²) in [5.74, 6) is -0.163. The van der Waals surface area contributed by atoms with Gasteiger partial charge in [-0.1, -0.05) is 24.3 Å². The van der Waals surface area contributed by atoms with Gasteiger partial charge in [-0.2, -0.15) is 0 Å². The van der Waals surface area contributed by atoms with Crippen LogP contribution in [0.3, 0.4) is 0 Å². The van der Waals surface area contributed by atoms with Crippen molar-refractivity contribution in [3.63, 3.8) is 0 Å². The molecule has 0 bridgehead atoms. The van der Waals surface area contributed by atoms with Crippen molar-refractivity contribution in [1.82, 2.24) is 5.32 Å². The highest BCUT2D eigenvalue weighted by atomic mass is 19.1. The molecule has 0 aromatic heterocycles. The predicted molar refractivity (Wildman–Crippen MR) is 103 cm³/mol. The second-order valence-electron chi connectivity index (χ2n) is 7.32. The summed E-state index contributed by atoms with van der Waals surface area (Å²) in [6.45, 7) is 2.39. The molecule has 2 heterocycles. The Bertz CT molecular complexity index is 785. The molecule has 1 N–H and O–H groups in total. The Morgan fingerprint density at radius 1 is 1.11 bits per heavy atom. The lowest BCUT2D eigenvalue weighted by atomic mass is 9.95. The van der Waals surface area contributed by atoms with Gasteiger partial charge in [-0.25, -0.2) is 4.39 Å². The van der Waals surface area contributed by atoms with Gasteiger partial charge < -0.3 is 15.0 Å². The molecule has 0 unspecified atom stereocenters. The van der Waals surface area contributed by atoms with Crippen LogP contribution in [0.5, 0.6) is 0 Å². The molecule has 0 radical (unpaired) electrons. The fraction of sp³-hybridized carbons (Fsp3) is 0.409. The molecule has 2 aliphatic heterocycles. The number of rotatable bonds is 4. The molecule has 2 aliphatic rings. The predicted octanol–water partition coefficient (Wildman–Crippen LogP) is 3.61. The summed E-state index contributed by atoms with van der Waals surface area (Å²) in [6.07, 6.45) is 2.93. The molecule has 1 atom stereocenters. The number of piperidine rings is 1. The maximum atomic E-state index is 13.1. The van der Waals surface area contributed by atoms with Crippen LogP contribution < -0.4 is 10.2 Å². The van der Waals surface area contributed by atoms with Gasteiger partial charge in [0.1, 0.15) is 5.82 Å². The molecule has 0 saturated carbocycles. The van der Waals surface area contributed by atoms with E-state index in [-0.39, 0.29) is 23.9 Å². The molecule has 2 aromatic rings. The molecule has 4 rings (SSSR count). The molecule has 5 heteroatoms. The van der Waals surface area contributed by atoms with E-state index in [9.17, 15) is 9.18 Å². The minimum Gasteiger partial charge on any atom is -0.373 e. The molecule has 1 fully saturated rings. The van der Waals surface area contributed by atoms with E-state index in [2.05, 4.69) is 22.3 Å². The van der Waals surface area contributed by atoms with Crippen LogP contribution in [0.25, 0.3) is 0 Å². The minimum absolute atomic E-state index is 0.0527. The normalized spacial score (nSPS) is 20.2. The molecular formula is C22H25FN2O2. The number of ether oxygens (including phenoxy) is 1. The maximum absolute atomic E-state index is 13.1. The maximum Gasteiger partial charge on any atom is 0.223 e. The van der Waals surface area contributed by atoms with E-state index < -0.39 is 0 Å². The van der Waals surface area contributed by atoms with E-state index in [0.29, 0.717) is 13.0 Å². The fourth-order valence-electron chi connectivity index (χ4n) is 4.03. The Kier molecular flexibility index (Phi) is 5.39. The molecule has 2 aromatic carbocycles. The smallest absolute Gasteiger partial charge is 0.223 e. The molecule has 27 heavy (non-hydrogen) atoms. The van der Waals surface area contributed by atoms with Crippen LogP contribution in [0.4, 0.5) is 10.1 Å². The van der Waals surface area contributed by atoms with Gasteiger partial charge in [0.05, 0.1) is 19.1 Å². The first-order chi connectivity index (χ1) is 13.2. The van der Waals surface area contributed by atoms with E-state index in [1.54, 1.807) is 0 Å². The van der Waals surface area contributed by atoms with Crippen molar-refractivity contribution in [3.8, 4) is 0 Å². The van der Waals surface area contributed by atoms with Crippen molar-refractivity contribution in [3.05, 3.63) is 65.5 Å². The number of anilines is 1. The van der Waals surface area contributed by atoms with Gasteiger partial charge in [0.25, 0.3) is 0 Å². The van der Waals surface area contributed by atoms with Crippen LogP contribution >= 0.6 is 0 Å². The Morgan fingerprint density at radius 2 is 1.85 bits per heavy atom. The monoisotopic (exact) mass is 368 g/mol. The highest BCUT2D eigenvalue weighted by Crippen LogP contribution is 2.29. The zero-order valence-corrected chi connectivity index (χ0v) is 15.4. The summed E-state index contributed by atoms with van der Waals surface area (Å²) in [6, 6.07) is 15.0. The fourth-order valence-corrected chi connectivity index (χ4v) is 4.03. The van der Waals surface area contributed by atoms with Gasteiger partial charge in [-0.05, 0) is 54.7 Å². The van der Waals surface area contributed by atoms with Crippen molar-refractivity contribution in [2.75, 3.05) is 24.6 Å². The lowest BCUT2D eigenvalue weighted by Crippen LogP contribution is -2.45. The Morgan fingerprint density at radius 3 is 2.63 bits per heavy atom. The van der Waals surface area contributed by atoms with E-state index in [1.165, 1.54) is 17.7 Å². The molecule has 1 amide bonds. The van der Waals surface area contributed by atoms with Crippen LogP contribution in [-0.4, -0.2) is 31.6 Å². The van der Waals surface area contributed by atoms with Gasteiger partial charge in [-0.3, -0.25) is 4.79 Å². The first-order valence-corrected chi connectivity index (χ1v) is 9.68. The van der Waals surface area contributed by atoms with Crippen molar-refractivity contribution in [2.45, 2.75) is 37.8 Å². The third kappa shape index (κ3) is 4.30. The van der Waals surface area contributed by atoms with Gasteiger partial charge in [0.2, 0.25) is 5.91 Å². The topological polar surface area (TPSA) is 41.6 Å². The lowest BCUT2D eigenvalue weighted by molar-refractivity contribution is -0.125. The Hall–Kier alpha value is -2.40. The molecule has 0 spiro atoms. The molecular weight excluding hydrogens is 343 g/mol. The van der Waals surface area contributed by atoms with Gasteiger partial charge in [-0.15, -0.1) is 0 Å². The largest absolute Gasteiger partial charge is 0.373 e. The Balaban J connectivity index is 1.28. The lowest BCUT2D eigenvalue weighted by Gasteiger charge is -2.34. The number of amides is 1. The standard InChI is InChI=1S/C22H25FN2O2/c23-17-5-7-19(8-6-17)25-12-9-18(10-13-25)24-22(26)15-21-20-4-2-1-3-16(20)11-14-27-21/h1-8,18,21H,9-15H2,(H,24,26)/t21-/m0/s1. The van der Waals surface area contributed by atoms with Crippen LogP contribution in [-0.2, 0) is 16.0 Å². The molecule has 1 saturated heterocycles. The van der Waals surface area contributed by atoms with Crippen LogP contribution in [0.2, 0.25) is 0 Å². The summed E-state index contributed by atoms with van der Waals surface area (Å²) in [5.41, 5.74) is 3.47. The zero-order chi connectivity index (χ0) is 18.6. The molecule has 142 valence electrons. The zero-order valence-electron chi connectivity index (χ0n) is 15.4. The first-order valence-electron chi connectivity index (χ1n) is 9.68. The van der Waals surface area contributed by atoms with Crippen LogP contribution in [0.15, 0.2) is 48.5 Å². The van der Waals surface area contributed by atoms with Crippen molar-refractivity contribution in [1.29, 1.82) is 0 Å². The average Bonchev–Trinajstić information content (AvgIpc) is 2.69. The highest BCUT2D eigenvalue weighted by Gasteiger charge is 2.25. The number of carbonyl (C=O) groups excluding carboxylic acids is 1. The van der Waals surface area contributed by atoms with Crippen molar-refractivity contribution in [2.24, 2.45) is 0 Å². The number of nitrogens with zero attached hydrogens (tertiary/aromatic N) is 1. The van der Waals surface area contributed by atoms with Crippen LogP contribution in [0, 0.1) is 5.82 Å². The summed E-state index contributed by atoms with van der Waals surface area (Å²) in [4.78, 5) is 14.8. The highest BCUT2D eigenvalue weighted by molar-refractivity contribution is 5.77. The number of halogens is 1. The van der Waals surface area contributed by atoms with Gasteiger partial charge in [0.15, 0.2) is 0 Å². The second-order valence-corrected chi connectivity index (χ2v) is 7.32. The average molecular weight is 368 g/mol. The number of benzene rings is 2. The quantitative estimate of drug-likeness (QED) is 0.896. The number of fused-ring (bicyclic) bond motifs is 1. The number of carbonyl (C=O) groups is 1. The number of hydrogen-bond acceptors (Lipinski definition) is 3. The van der Waals surface area contributed by atoms with E-state index in [4.69, 9.17) is 4.74 Å². The van der Waals surface area contributed by atoms with Crippen molar-refractivity contribution >= 4 is 11.6 Å².